The predicted molar refractivity (Wildman–Crippen MR) is 93.3 cm³/mol. The number of benzene rings is 1. The van der Waals surface area contributed by atoms with Crippen LogP contribution in [-0.4, -0.2) is 52.1 Å². The first-order valence-corrected chi connectivity index (χ1v) is 9.12. The molecule has 1 aliphatic heterocycles. The highest BCUT2D eigenvalue weighted by Crippen LogP contribution is 2.39. The first kappa shape index (κ1) is 16.5. The maximum atomic E-state index is 12.5. The first-order chi connectivity index (χ1) is 12.2. The lowest BCUT2D eigenvalue weighted by Gasteiger charge is -2.34. The number of carbonyl (C=O) groups is 1. The summed E-state index contributed by atoms with van der Waals surface area (Å²) in [6, 6.07) is 7.51. The zero-order chi connectivity index (χ0) is 17.2. The summed E-state index contributed by atoms with van der Waals surface area (Å²) in [4.78, 5) is 16.6. The highest BCUT2D eigenvalue weighted by Gasteiger charge is 2.30. The van der Waals surface area contributed by atoms with Gasteiger partial charge in [-0.2, -0.15) is 0 Å². The summed E-state index contributed by atoms with van der Waals surface area (Å²) in [7, 11) is 0. The van der Waals surface area contributed by atoms with E-state index in [9.17, 15) is 4.79 Å². The van der Waals surface area contributed by atoms with Crippen molar-refractivity contribution in [1.82, 2.24) is 20.0 Å². The quantitative estimate of drug-likeness (QED) is 0.819. The van der Waals surface area contributed by atoms with Crippen molar-refractivity contribution in [1.29, 1.82) is 0 Å². The maximum Gasteiger partial charge on any atom is 0.230 e. The van der Waals surface area contributed by atoms with Gasteiger partial charge in [0, 0.05) is 37.1 Å². The molecule has 2 aromatic rings. The van der Waals surface area contributed by atoms with E-state index < -0.39 is 0 Å². The zero-order valence-corrected chi connectivity index (χ0v) is 14.8. The Hall–Kier alpha value is -1.92. The Morgan fingerprint density at radius 1 is 1.16 bits per heavy atom. The lowest BCUT2D eigenvalue weighted by molar-refractivity contribution is -0.132. The predicted octanol–water partition coefficient (Wildman–Crippen LogP) is 2.49. The monoisotopic (exact) mass is 360 g/mol. The smallest absolute Gasteiger partial charge is 0.230 e. The summed E-state index contributed by atoms with van der Waals surface area (Å²) in [5, 5.41) is 8.91. The van der Waals surface area contributed by atoms with Gasteiger partial charge in [-0.15, -0.1) is 10.2 Å². The summed E-state index contributed by atoms with van der Waals surface area (Å²) in [6.45, 7) is 3.72. The van der Waals surface area contributed by atoms with Crippen molar-refractivity contribution < 1.29 is 9.21 Å². The Morgan fingerprint density at radius 2 is 1.92 bits per heavy atom. The van der Waals surface area contributed by atoms with Crippen LogP contribution >= 0.6 is 11.6 Å². The van der Waals surface area contributed by atoms with Crippen LogP contribution in [0.5, 0.6) is 0 Å². The number of aromatic nitrogens is 2. The third kappa shape index (κ3) is 4.02. The number of hydrogen-bond acceptors (Lipinski definition) is 5. The van der Waals surface area contributed by atoms with Crippen LogP contribution in [0, 0.1) is 0 Å². The van der Waals surface area contributed by atoms with Crippen LogP contribution in [0.25, 0.3) is 0 Å². The zero-order valence-electron chi connectivity index (χ0n) is 14.0. The summed E-state index contributed by atoms with van der Waals surface area (Å²) >= 11 is 6.15. The number of rotatable bonds is 5. The highest BCUT2D eigenvalue weighted by molar-refractivity contribution is 6.31. The maximum absolute atomic E-state index is 12.5. The second-order valence-electron chi connectivity index (χ2n) is 6.73. The van der Waals surface area contributed by atoms with E-state index >= 15 is 0 Å². The molecular weight excluding hydrogens is 340 g/mol. The third-order valence-corrected chi connectivity index (χ3v) is 5.16. The minimum Gasteiger partial charge on any atom is -0.424 e. The van der Waals surface area contributed by atoms with E-state index in [2.05, 4.69) is 15.1 Å². The fourth-order valence-electron chi connectivity index (χ4n) is 3.09. The van der Waals surface area contributed by atoms with Crippen molar-refractivity contribution in [2.24, 2.45) is 0 Å². The molecule has 7 heteroatoms. The van der Waals surface area contributed by atoms with Gasteiger partial charge >= 0.3 is 0 Å². The van der Waals surface area contributed by atoms with Gasteiger partial charge in [0.2, 0.25) is 17.7 Å². The van der Waals surface area contributed by atoms with Crippen LogP contribution in [0.15, 0.2) is 28.7 Å². The molecule has 0 N–H and O–H groups in total. The number of amides is 1. The van der Waals surface area contributed by atoms with E-state index in [-0.39, 0.29) is 5.91 Å². The van der Waals surface area contributed by atoms with E-state index in [1.54, 1.807) is 0 Å². The van der Waals surface area contributed by atoms with Gasteiger partial charge in [0.25, 0.3) is 0 Å². The molecule has 2 aliphatic rings. The Bertz CT molecular complexity index is 751. The number of nitrogens with zero attached hydrogens (tertiary/aromatic N) is 4. The summed E-state index contributed by atoms with van der Waals surface area (Å²) in [5.74, 6) is 2.07. The number of hydrogen-bond donors (Lipinski definition) is 0. The molecule has 1 amide bonds. The number of piperazine rings is 1. The Balaban J connectivity index is 1.27. The van der Waals surface area contributed by atoms with E-state index in [1.807, 2.05) is 29.2 Å². The lowest BCUT2D eigenvalue weighted by Crippen LogP contribution is -2.48. The molecule has 132 valence electrons. The number of carbonyl (C=O) groups excluding carboxylic acids is 1. The molecule has 6 nitrogen and oxygen atoms in total. The molecule has 2 fully saturated rings. The first-order valence-electron chi connectivity index (χ1n) is 8.75. The molecule has 0 spiro atoms. The van der Waals surface area contributed by atoms with Crippen LogP contribution in [0.1, 0.15) is 36.1 Å². The van der Waals surface area contributed by atoms with Crippen molar-refractivity contribution in [3.63, 3.8) is 0 Å². The van der Waals surface area contributed by atoms with Crippen LogP contribution in [0.3, 0.4) is 0 Å². The largest absolute Gasteiger partial charge is 0.424 e. The fourth-order valence-corrected chi connectivity index (χ4v) is 3.29. The second kappa shape index (κ2) is 7.14. The Kier molecular flexibility index (Phi) is 4.72. The molecule has 1 aliphatic carbocycles. The molecule has 0 unspecified atom stereocenters. The summed E-state index contributed by atoms with van der Waals surface area (Å²) < 4.78 is 5.72. The molecule has 0 radical (unpaired) electrons. The van der Waals surface area contributed by atoms with Gasteiger partial charge in [-0.25, -0.2) is 0 Å². The van der Waals surface area contributed by atoms with Gasteiger partial charge < -0.3 is 9.32 Å². The molecule has 2 heterocycles. The van der Waals surface area contributed by atoms with Gasteiger partial charge in [-0.3, -0.25) is 9.69 Å². The van der Waals surface area contributed by atoms with E-state index in [0.717, 1.165) is 37.4 Å². The molecule has 1 aromatic carbocycles. The minimum atomic E-state index is 0.126. The average molecular weight is 361 g/mol. The average Bonchev–Trinajstić information content (AvgIpc) is 3.37. The van der Waals surface area contributed by atoms with Crippen LogP contribution in [0.2, 0.25) is 5.02 Å². The van der Waals surface area contributed by atoms with Crippen LogP contribution < -0.4 is 0 Å². The van der Waals surface area contributed by atoms with Crippen LogP contribution in [0.4, 0.5) is 0 Å². The highest BCUT2D eigenvalue weighted by atomic mass is 35.5. The summed E-state index contributed by atoms with van der Waals surface area (Å²) in [6.07, 6.45) is 2.68. The topological polar surface area (TPSA) is 62.5 Å². The molecule has 0 bridgehead atoms. The van der Waals surface area contributed by atoms with Crippen molar-refractivity contribution >= 4 is 17.5 Å². The standard InChI is InChI=1S/C18H21ClN4O2/c19-15-4-2-1-3-14(15)11-17(24)23-9-7-22(8-10-23)12-16-20-21-18(25-16)13-5-6-13/h1-4,13H,5-12H2. The van der Waals surface area contributed by atoms with Crippen molar-refractivity contribution in [2.45, 2.75) is 31.7 Å². The lowest BCUT2D eigenvalue weighted by atomic mass is 10.1. The minimum absolute atomic E-state index is 0.126. The summed E-state index contributed by atoms with van der Waals surface area (Å²) in [5.41, 5.74) is 0.884. The normalized spacial score (nSPS) is 18.5. The van der Waals surface area contributed by atoms with Gasteiger partial charge in [-0.05, 0) is 24.5 Å². The molecule has 1 saturated heterocycles. The SMILES string of the molecule is O=C(Cc1ccccc1Cl)N1CCN(Cc2nnc(C3CC3)o2)CC1. The molecule has 4 rings (SSSR count). The van der Waals surface area contributed by atoms with Gasteiger partial charge in [0.1, 0.15) is 0 Å². The van der Waals surface area contributed by atoms with Crippen LogP contribution in [-0.2, 0) is 17.8 Å². The molecule has 0 atom stereocenters. The van der Waals surface area contributed by atoms with Crippen molar-refractivity contribution in [2.75, 3.05) is 26.2 Å². The van der Waals surface area contributed by atoms with Gasteiger partial charge in [-0.1, -0.05) is 29.8 Å². The van der Waals surface area contributed by atoms with Gasteiger partial charge in [0.15, 0.2) is 0 Å². The van der Waals surface area contributed by atoms with Gasteiger partial charge in [0.05, 0.1) is 13.0 Å². The molecule has 1 aromatic heterocycles. The van der Waals surface area contributed by atoms with E-state index in [4.69, 9.17) is 16.0 Å². The van der Waals surface area contributed by atoms with E-state index in [0.29, 0.717) is 42.9 Å². The molecule has 25 heavy (non-hydrogen) atoms. The third-order valence-electron chi connectivity index (χ3n) is 4.79. The molecular formula is C18H21ClN4O2. The Morgan fingerprint density at radius 3 is 2.64 bits per heavy atom. The van der Waals surface area contributed by atoms with E-state index in [1.165, 1.54) is 0 Å². The van der Waals surface area contributed by atoms with Crippen molar-refractivity contribution in [3.05, 3.63) is 46.6 Å². The fraction of sp³-hybridized carbons (Fsp3) is 0.500. The van der Waals surface area contributed by atoms with Crippen molar-refractivity contribution in [3.8, 4) is 0 Å². The molecule has 1 saturated carbocycles. The Labute approximate surface area is 151 Å². The second-order valence-corrected chi connectivity index (χ2v) is 7.14. The number of halogens is 1.